The molecule has 0 saturated carbocycles. The lowest BCUT2D eigenvalue weighted by Crippen LogP contribution is -2.45. The summed E-state index contributed by atoms with van der Waals surface area (Å²) in [6.07, 6.45) is 0.593. The van der Waals surface area contributed by atoms with Crippen LogP contribution in [0.2, 0.25) is 5.02 Å². The van der Waals surface area contributed by atoms with Gasteiger partial charge in [-0.1, -0.05) is 23.7 Å². The first-order chi connectivity index (χ1) is 14.3. The van der Waals surface area contributed by atoms with Crippen LogP contribution in [0.3, 0.4) is 0 Å². The fourth-order valence-electron chi connectivity index (χ4n) is 2.81. The van der Waals surface area contributed by atoms with E-state index in [1.165, 1.54) is 24.3 Å². The number of benzene rings is 2. The summed E-state index contributed by atoms with van der Waals surface area (Å²) in [5, 5.41) is 9.34. The Morgan fingerprint density at radius 3 is 2.37 bits per heavy atom. The lowest BCUT2D eigenvalue weighted by molar-refractivity contribution is -0.148. The zero-order valence-corrected chi connectivity index (χ0v) is 17.9. The Morgan fingerprint density at radius 2 is 1.83 bits per heavy atom. The number of hydrogen-bond acceptors (Lipinski definition) is 6. The first kappa shape index (κ1) is 23.5. The van der Waals surface area contributed by atoms with Crippen LogP contribution in [0.1, 0.15) is 30.9 Å². The van der Waals surface area contributed by atoms with Crippen LogP contribution in [-0.2, 0) is 30.9 Å². The maximum atomic E-state index is 13.4. The molecule has 0 spiro atoms. The Morgan fingerprint density at radius 1 is 1.20 bits per heavy atom. The zero-order chi connectivity index (χ0) is 22.1. The Bertz CT molecular complexity index is 1010. The highest BCUT2D eigenvalue weighted by atomic mass is 35.5. The topological polar surface area (TPSA) is 105 Å². The van der Waals surface area contributed by atoms with Crippen molar-refractivity contribution in [1.29, 1.82) is 5.26 Å². The van der Waals surface area contributed by atoms with Crippen molar-refractivity contribution >= 4 is 33.9 Å². The van der Waals surface area contributed by atoms with E-state index >= 15 is 0 Å². The number of rotatable bonds is 10. The number of carbonyl (C=O) groups is 2. The molecule has 0 saturated heterocycles. The quantitative estimate of drug-likeness (QED) is 0.408. The largest absolute Gasteiger partial charge is 0.465 e. The van der Waals surface area contributed by atoms with E-state index < -0.39 is 22.0 Å². The molecule has 2 aromatic rings. The molecule has 30 heavy (non-hydrogen) atoms. The number of halogens is 1. The van der Waals surface area contributed by atoms with Gasteiger partial charge in [0.1, 0.15) is 12.3 Å². The molecule has 9 heteroatoms. The van der Waals surface area contributed by atoms with Gasteiger partial charge in [-0.25, -0.2) is 8.42 Å². The molecule has 158 valence electrons. The minimum absolute atomic E-state index is 0.0104. The molecule has 2 aromatic carbocycles. The van der Waals surface area contributed by atoms with Gasteiger partial charge >= 0.3 is 5.97 Å². The van der Waals surface area contributed by atoms with E-state index in [1.54, 1.807) is 31.2 Å². The average molecular weight is 449 g/mol. The summed E-state index contributed by atoms with van der Waals surface area (Å²) in [5.41, 5.74) is 1.00. The summed E-state index contributed by atoms with van der Waals surface area (Å²) in [7, 11) is -4.13. The Balaban J connectivity index is 2.52. The highest BCUT2D eigenvalue weighted by Crippen LogP contribution is 2.25. The van der Waals surface area contributed by atoms with Gasteiger partial charge in [0.05, 0.1) is 23.1 Å². The van der Waals surface area contributed by atoms with Crippen LogP contribution in [0.15, 0.2) is 53.4 Å². The van der Waals surface area contributed by atoms with Crippen LogP contribution in [0.4, 0.5) is 0 Å². The molecule has 0 heterocycles. The van der Waals surface area contributed by atoms with Crippen molar-refractivity contribution in [3.8, 4) is 6.07 Å². The minimum atomic E-state index is -4.13. The number of sulfonamides is 1. The zero-order valence-electron chi connectivity index (χ0n) is 16.3. The molecule has 0 aromatic heterocycles. The van der Waals surface area contributed by atoms with E-state index in [0.717, 1.165) is 4.31 Å². The number of carbonyl (C=O) groups excluding carboxylic acids is 2. The van der Waals surface area contributed by atoms with Gasteiger partial charge in [0.2, 0.25) is 10.0 Å². The molecular formula is C21H21ClN2O5S. The summed E-state index contributed by atoms with van der Waals surface area (Å²) in [4.78, 5) is 23.5. The normalized spacial score (nSPS) is 12.2. The molecule has 0 radical (unpaired) electrons. The van der Waals surface area contributed by atoms with Crippen LogP contribution in [0.25, 0.3) is 0 Å². The lowest BCUT2D eigenvalue weighted by atomic mass is 10.1. The molecule has 0 N–H and O–H groups in total. The summed E-state index contributed by atoms with van der Waals surface area (Å²) in [5.74, 6) is -0.731. The first-order valence-corrected chi connectivity index (χ1v) is 11.0. The maximum absolute atomic E-state index is 13.4. The fourth-order valence-corrected chi connectivity index (χ4v) is 4.54. The van der Waals surface area contributed by atoms with Crippen LogP contribution in [0, 0.1) is 11.3 Å². The van der Waals surface area contributed by atoms with Crippen molar-refractivity contribution in [2.75, 3.05) is 6.61 Å². The van der Waals surface area contributed by atoms with E-state index in [1.807, 2.05) is 6.07 Å². The standard InChI is InChI=1S/C21H21ClN2O5S/c1-2-29-21(26)20(4-3-13-25)24(15-17-7-5-16(14-23)6-8-17)30(27,28)19-11-9-18(22)10-12-19/h5-13,20H,2-4,15H2,1H3. The molecule has 0 fully saturated rings. The number of nitrogens with zero attached hydrogens (tertiary/aromatic N) is 2. The lowest BCUT2D eigenvalue weighted by Gasteiger charge is -2.29. The van der Waals surface area contributed by atoms with Crippen molar-refractivity contribution in [3.63, 3.8) is 0 Å². The van der Waals surface area contributed by atoms with Gasteiger partial charge in [0, 0.05) is 18.0 Å². The van der Waals surface area contributed by atoms with Crippen LogP contribution in [-0.4, -0.2) is 37.6 Å². The van der Waals surface area contributed by atoms with Crippen molar-refractivity contribution in [2.24, 2.45) is 0 Å². The van der Waals surface area contributed by atoms with Crippen molar-refractivity contribution < 1.29 is 22.7 Å². The third kappa shape index (κ3) is 5.89. The number of esters is 1. The molecule has 1 unspecified atom stereocenters. The number of ether oxygens (including phenoxy) is 1. The predicted octanol–water partition coefficient (Wildman–Crippen LogP) is 3.31. The Kier molecular flexibility index (Phi) is 8.54. The van der Waals surface area contributed by atoms with Crippen LogP contribution in [0.5, 0.6) is 0 Å². The second-order valence-electron chi connectivity index (χ2n) is 6.32. The third-order valence-electron chi connectivity index (χ3n) is 4.31. The van der Waals surface area contributed by atoms with Crippen molar-refractivity contribution in [2.45, 2.75) is 37.2 Å². The van der Waals surface area contributed by atoms with Gasteiger partial charge in [-0.3, -0.25) is 4.79 Å². The highest BCUT2D eigenvalue weighted by molar-refractivity contribution is 7.89. The van der Waals surface area contributed by atoms with Gasteiger partial charge in [-0.15, -0.1) is 0 Å². The molecule has 7 nitrogen and oxygen atoms in total. The average Bonchev–Trinajstić information content (AvgIpc) is 2.74. The minimum Gasteiger partial charge on any atom is -0.465 e. The first-order valence-electron chi connectivity index (χ1n) is 9.20. The smallest absolute Gasteiger partial charge is 0.324 e. The molecule has 0 bridgehead atoms. The molecular weight excluding hydrogens is 428 g/mol. The van der Waals surface area contributed by atoms with Gasteiger partial charge in [-0.05, 0) is 55.3 Å². The van der Waals surface area contributed by atoms with Gasteiger partial charge < -0.3 is 9.53 Å². The highest BCUT2D eigenvalue weighted by Gasteiger charge is 2.36. The number of nitriles is 1. The number of aldehydes is 1. The molecule has 0 amide bonds. The Hall–Kier alpha value is -2.73. The fraction of sp³-hybridized carbons (Fsp3) is 0.286. The van der Waals surface area contributed by atoms with Gasteiger partial charge in [0.15, 0.2) is 0 Å². The van der Waals surface area contributed by atoms with E-state index in [9.17, 15) is 18.0 Å². The van der Waals surface area contributed by atoms with Crippen LogP contribution >= 0.6 is 11.6 Å². The Labute approximate surface area is 180 Å². The summed E-state index contributed by atoms with van der Waals surface area (Å²) in [6.45, 7) is 1.55. The van der Waals surface area contributed by atoms with Crippen molar-refractivity contribution in [3.05, 3.63) is 64.7 Å². The monoisotopic (exact) mass is 448 g/mol. The van der Waals surface area contributed by atoms with Gasteiger partial charge in [-0.2, -0.15) is 9.57 Å². The molecule has 0 aliphatic carbocycles. The van der Waals surface area contributed by atoms with E-state index in [2.05, 4.69) is 0 Å². The van der Waals surface area contributed by atoms with Gasteiger partial charge in [0.25, 0.3) is 0 Å². The molecule has 0 aliphatic rings. The molecule has 0 aliphatic heterocycles. The SMILES string of the molecule is CCOC(=O)C(CCC=O)N(Cc1ccc(C#N)cc1)S(=O)(=O)c1ccc(Cl)cc1. The molecule has 2 rings (SSSR count). The van der Waals surface area contributed by atoms with E-state index in [-0.39, 0.29) is 30.9 Å². The summed E-state index contributed by atoms with van der Waals surface area (Å²) >= 11 is 5.87. The van der Waals surface area contributed by atoms with E-state index in [4.69, 9.17) is 21.6 Å². The predicted molar refractivity (Wildman–Crippen MR) is 111 cm³/mol. The summed E-state index contributed by atoms with van der Waals surface area (Å²) < 4.78 is 32.9. The van der Waals surface area contributed by atoms with Crippen LogP contribution < -0.4 is 0 Å². The third-order valence-corrected chi connectivity index (χ3v) is 6.43. The van der Waals surface area contributed by atoms with E-state index in [0.29, 0.717) is 22.4 Å². The second kappa shape index (κ2) is 10.9. The molecule has 1 atom stereocenters. The number of hydrogen-bond donors (Lipinski definition) is 0. The second-order valence-corrected chi connectivity index (χ2v) is 8.65. The maximum Gasteiger partial charge on any atom is 0.324 e. The summed E-state index contributed by atoms with van der Waals surface area (Å²) in [6, 6.07) is 12.8. The van der Waals surface area contributed by atoms with Crippen molar-refractivity contribution in [1.82, 2.24) is 4.31 Å².